The van der Waals surface area contributed by atoms with Gasteiger partial charge in [0, 0.05) is 18.7 Å². The summed E-state index contributed by atoms with van der Waals surface area (Å²) in [5.74, 6) is 1.32. The first-order valence-electron chi connectivity index (χ1n) is 5.94. The van der Waals surface area contributed by atoms with E-state index in [1.165, 1.54) is 13.0 Å². The largest absolute Gasteiger partial charge is 0.481 e. The Kier molecular flexibility index (Phi) is 3.68. The number of ether oxygens (including phenoxy) is 1. The van der Waals surface area contributed by atoms with E-state index in [0.717, 1.165) is 18.8 Å². The van der Waals surface area contributed by atoms with Crippen LogP contribution in [0.5, 0.6) is 5.88 Å². The summed E-state index contributed by atoms with van der Waals surface area (Å²) < 4.78 is 5.10. The van der Waals surface area contributed by atoms with Crippen LogP contribution in [0.25, 0.3) is 0 Å². The van der Waals surface area contributed by atoms with Gasteiger partial charge in [0.25, 0.3) is 0 Å². The van der Waals surface area contributed by atoms with Crippen molar-refractivity contribution in [1.82, 2.24) is 9.88 Å². The number of piperidine rings is 1. The van der Waals surface area contributed by atoms with Crippen LogP contribution >= 0.6 is 0 Å². The summed E-state index contributed by atoms with van der Waals surface area (Å²) in [6.45, 7) is 2.19. The van der Waals surface area contributed by atoms with E-state index >= 15 is 0 Å². The molecule has 0 aliphatic carbocycles. The van der Waals surface area contributed by atoms with Crippen molar-refractivity contribution in [2.45, 2.75) is 18.9 Å². The van der Waals surface area contributed by atoms with Gasteiger partial charge in [0.1, 0.15) is 0 Å². The first kappa shape index (κ1) is 12.0. The molecule has 1 aromatic heterocycles. The summed E-state index contributed by atoms with van der Waals surface area (Å²) in [4.78, 5) is 6.65. The third-order valence-corrected chi connectivity index (χ3v) is 3.08. The van der Waals surface area contributed by atoms with Gasteiger partial charge in [-0.2, -0.15) is 4.98 Å². The van der Waals surface area contributed by atoms with E-state index in [1.54, 1.807) is 13.2 Å². The van der Waals surface area contributed by atoms with Crippen LogP contribution < -0.4 is 15.8 Å². The molecule has 1 aliphatic heterocycles. The number of nitrogens with one attached hydrogen (secondary N) is 1. The predicted molar refractivity (Wildman–Crippen MR) is 69.3 cm³/mol. The maximum Gasteiger partial charge on any atom is 0.215 e. The topological polar surface area (TPSA) is 63.4 Å². The second-order valence-corrected chi connectivity index (χ2v) is 4.54. The molecule has 0 aromatic carbocycles. The molecule has 0 saturated carbocycles. The highest BCUT2D eigenvalue weighted by atomic mass is 16.5. The number of anilines is 2. The minimum Gasteiger partial charge on any atom is -0.481 e. The number of nitrogen functional groups attached to an aromatic ring is 1. The van der Waals surface area contributed by atoms with Crippen LogP contribution in [0, 0.1) is 0 Å². The smallest absolute Gasteiger partial charge is 0.215 e. The van der Waals surface area contributed by atoms with Gasteiger partial charge in [-0.3, -0.25) is 0 Å². The summed E-state index contributed by atoms with van der Waals surface area (Å²) in [6.07, 6.45) is 2.36. The van der Waals surface area contributed by atoms with E-state index in [-0.39, 0.29) is 0 Å². The average Bonchev–Trinajstić information content (AvgIpc) is 2.32. The molecule has 2 heterocycles. The Morgan fingerprint density at radius 1 is 1.53 bits per heavy atom. The lowest BCUT2D eigenvalue weighted by Crippen LogP contribution is -2.40. The number of nitrogens with zero attached hydrogens (tertiary/aromatic N) is 2. The van der Waals surface area contributed by atoms with Gasteiger partial charge in [-0.1, -0.05) is 0 Å². The number of hydrogen-bond donors (Lipinski definition) is 2. The third kappa shape index (κ3) is 3.00. The summed E-state index contributed by atoms with van der Waals surface area (Å²) in [5.41, 5.74) is 6.57. The Morgan fingerprint density at radius 3 is 3.06 bits per heavy atom. The summed E-state index contributed by atoms with van der Waals surface area (Å²) in [6, 6.07) is 4.00. The highest BCUT2D eigenvalue weighted by Crippen LogP contribution is 2.22. The molecule has 2 rings (SSSR count). The fraction of sp³-hybridized carbons (Fsp3) is 0.583. The number of aromatic nitrogens is 1. The molecule has 1 atom stereocenters. The summed E-state index contributed by atoms with van der Waals surface area (Å²) in [7, 11) is 3.74. The number of methoxy groups -OCH3 is 1. The van der Waals surface area contributed by atoms with E-state index in [4.69, 9.17) is 10.5 Å². The van der Waals surface area contributed by atoms with Crippen LogP contribution in [0.4, 0.5) is 11.5 Å². The molecule has 17 heavy (non-hydrogen) atoms. The zero-order chi connectivity index (χ0) is 12.3. The third-order valence-electron chi connectivity index (χ3n) is 3.08. The van der Waals surface area contributed by atoms with Crippen molar-refractivity contribution >= 4 is 11.5 Å². The van der Waals surface area contributed by atoms with Crippen LogP contribution in [0.2, 0.25) is 0 Å². The van der Waals surface area contributed by atoms with E-state index in [9.17, 15) is 0 Å². The molecule has 1 unspecified atom stereocenters. The Hall–Kier alpha value is -1.49. The second kappa shape index (κ2) is 5.23. The fourth-order valence-corrected chi connectivity index (χ4v) is 2.16. The molecule has 0 bridgehead atoms. The van der Waals surface area contributed by atoms with Gasteiger partial charge in [0.05, 0.1) is 12.8 Å². The molecule has 1 aromatic rings. The quantitative estimate of drug-likeness (QED) is 0.825. The Morgan fingerprint density at radius 2 is 2.35 bits per heavy atom. The normalized spacial score (nSPS) is 21.2. The van der Waals surface area contributed by atoms with Crippen molar-refractivity contribution in [3.8, 4) is 5.88 Å². The minimum atomic E-state index is 0.413. The second-order valence-electron chi connectivity index (χ2n) is 4.54. The van der Waals surface area contributed by atoms with Crippen LogP contribution in [0.3, 0.4) is 0 Å². The highest BCUT2D eigenvalue weighted by molar-refractivity contribution is 5.62. The molecule has 3 N–H and O–H groups in total. The molecule has 1 saturated heterocycles. The fourth-order valence-electron chi connectivity index (χ4n) is 2.16. The zero-order valence-electron chi connectivity index (χ0n) is 10.4. The van der Waals surface area contributed by atoms with E-state index in [0.29, 0.717) is 17.6 Å². The number of nitrogens with two attached hydrogens (primary N) is 1. The van der Waals surface area contributed by atoms with Crippen LogP contribution in [-0.4, -0.2) is 43.2 Å². The standard InChI is InChI=1S/C12H20N4O/c1-16-7-3-4-9(8-16)14-12-10(13)5-6-11(15-12)17-2/h5-6,9H,3-4,7-8,13H2,1-2H3,(H,14,15). The lowest BCUT2D eigenvalue weighted by atomic mass is 10.1. The maximum absolute atomic E-state index is 5.90. The maximum atomic E-state index is 5.90. The predicted octanol–water partition coefficient (Wildman–Crippen LogP) is 1.18. The van der Waals surface area contributed by atoms with Crippen molar-refractivity contribution in [2.24, 2.45) is 0 Å². The number of rotatable bonds is 3. The van der Waals surface area contributed by atoms with E-state index < -0.39 is 0 Å². The molecule has 5 heteroatoms. The van der Waals surface area contributed by atoms with Gasteiger partial charge in [-0.15, -0.1) is 0 Å². The molecule has 94 valence electrons. The average molecular weight is 236 g/mol. The molecule has 1 fully saturated rings. The van der Waals surface area contributed by atoms with Gasteiger partial charge in [-0.05, 0) is 32.5 Å². The molecule has 1 aliphatic rings. The molecular weight excluding hydrogens is 216 g/mol. The Bertz CT molecular complexity index is 383. The van der Waals surface area contributed by atoms with Crippen LogP contribution in [0.15, 0.2) is 12.1 Å². The van der Waals surface area contributed by atoms with Crippen molar-refractivity contribution in [3.05, 3.63) is 12.1 Å². The molecule has 5 nitrogen and oxygen atoms in total. The lowest BCUT2D eigenvalue weighted by molar-refractivity contribution is 0.260. The molecule has 0 amide bonds. The van der Waals surface area contributed by atoms with Gasteiger partial charge >= 0.3 is 0 Å². The molecule has 0 radical (unpaired) electrons. The van der Waals surface area contributed by atoms with Gasteiger partial charge in [0.15, 0.2) is 5.82 Å². The first-order valence-corrected chi connectivity index (χ1v) is 5.94. The minimum absolute atomic E-state index is 0.413. The first-order chi connectivity index (χ1) is 8.19. The Labute approximate surface area is 102 Å². The number of pyridine rings is 1. The van der Waals surface area contributed by atoms with Crippen molar-refractivity contribution in [2.75, 3.05) is 38.3 Å². The highest BCUT2D eigenvalue weighted by Gasteiger charge is 2.18. The van der Waals surface area contributed by atoms with Crippen molar-refractivity contribution in [3.63, 3.8) is 0 Å². The number of likely N-dealkylation sites (N-methyl/N-ethyl adjacent to an activating group) is 1. The van der Waals surface area contributed by atoms with Gasteiger partial charge in [0.2, 0.25) is 5.88 Å². The van der Waals surface area contributed by atoms with Crippen LogP contribution in [-0.2, 0) is 0 Å². The zero-order valence-corrected chi connectivity index (χ0v) is 10.4. The summed E-state index contributed by atoms with van der Waals surface area (Å²) in [5, 5.41) is 3.40. The monoisotopic (exact) mass is 236 g/mol. The van der Waals surface area contributed by atoms with Crippen molar-refractivity contribution < 1.29 is 4.74 Å². The number of likely N-dealkylation sites (tertiary alicyclic amines) is 1. The van der Waals surface area contributed by atoms with Crippen LogP contribution in [0.1, 0.15) is 12.8 Å². The summed E-state index contributed by atoms with van der Waals surface area (Å²) >= 11 is 0. The number of hydrogen-bond acceptors (Lipinski definition) is 5. The van der Waals surface area contributed by atoms with E-state index in [2.05, 4.69) is 22.2 Å². The van der Waals surface area contributed by atoms with Gasteiger partial charge < -0.3 is 20.7 Å². The van der Waals surface area contributed by atoms with Gasteiger partial charge in [-0.25, -0.2) is 0 Å². The van der Waals surface area contributed by atoms with Crippen molar-refractivity contribution in [1.29, 1.82) is 0 Å². The lowest BCUT2D eigenvalue weighted by Gasteiger charge is -2.30. The Balaban J connectivity index is 2.06. The molecular formula is C12H20N4O. The van der Waals surface area contributed by atoms with E-state index in [1.807, 2.05) is 6.07 Å². The SMILES string of the molecule is COc1ccc(N)c(NC2CCCN(C)C2)n1. The molecule has 0 spiro atoms.